The van der Waals surface area contributed by atoms with Crippen LogP contribution < -0.4 is 0 Å². The van der Waals surface area contributed by atoms with Crippen molar-refractivity contribution in [2.75, 3.05) is 0 Å². The van der Waals surface area contributed by atoms with Crippen molar-refractivity contribution in [1.29, 1.82) is 0 Å². The number of halogens is 2. The van der Waals surface area contributed by atoms with Crippen LogP contribution in [0, 0.1) is 34.6 Å². The van der Waals surface area contributed by atoms with Gasteiger partial charge in [-0.25, -0.2) is 0 Å². The van der Waals surface area contributed by atoms with Crippen molar-refractivity contribution in [2.45, 2.75) is 41.0 Å². The summed E-state index contributed by atoms with van der Waals surface area (Å²) in [6.45, 7) is 10.8. The number of hydrogen-bond donors (Lipinski definition) is 0. The van der Waals surface area contributed by atoms with Crippen molar-refractivity contribution in [1.82, 2.24) is 0 Å². The molecule has 1 aliphatic rings. The number of furan rings is 1. The third-order valence-electron chi connectivity index (χ3n) is 5.24. The van der Waals surface area contributed by atoms with Crippen LogP contribution >= 0.6 is 17.0 Å². The Balaban J connectivity index is 0.000000706. The maximum absolute atomic E-state index is 5.87. The van der Waals surface area contributed by atoms with Gasteiger partial charge in [-0.15, -0.1) is 0 Å². The topological polar surface area (TPSA) is 13.1 Å². The van der Waals surface area contributed by atoms with Crippen molar-refractivity contribution in [3.05, 3.63) is 81.3 Å². The molecule has 3 aromatic rings. The number of rotatable bonds is 2. The van der Waals surface area contributed by atoms with E-state index in [2.05, 4.69) is 64.1 Å². The van der Waals surface area contributed by atoms with E-state index in [9.17, 15) is 0 Å². The molecule has 0 saturated heterocycles. The molecule has 1 nitrogen and oxygen atoms in total. The Kier molecular flexibility index (Phi) is 7.08. The number of allylic oxidation sites excluding steroid dienone is 1. The molecule has 0 fully saturated rings. The van der Waals surface area contributed by atoms with Crippen LogP contribution in [0.25, 0.3) is 22.8 Å². The summed E-state index contributed by atoms with van der Waals surface area (Å²) in [5.74, 6) is 1.96. The third kappa shape index (κ3) is 4.56. The average molecular weight is 491 g/mol. The number of hydrogen-bond acceptors (Lipinski definition) is 1. The SMILES string of the molecule is Cc1cc(C)cc(-c2c(C)c(C)cc3c2C=C(c2ccc(C)o2)C3)c1.[Cl][Zr][Cl]. The third-order valence-corrected chi connectivity index (χ3v) is 5.24. The zero-order valence-electron chi connectivity index (χ0n) is 16.9. The van der Waals surface area contributed by atoms with Crippen LogP contribution in [-0.4, -0.2) is 0 Å². The van der Waals surface area contributed by atoms with Crippen molar-refractivity contribution in [2.24, 2.45) is 0 Å². The van der Waals surface area contributed by atoms with Crippen LogP contribution in [0.1, 0.15) is 44.9 Å². The Hall–Kier alpha value is -1.08. The predicted molar refractivity (Wildman–Crippen MR) is 118 cm³/mol. The van der Waals surface area contributed by atoms with E-state index in [1.54, 1.807) is 0 Å². The van der Waals surface area contributed by atoms with E-state index in [0.29, 0.717) is 0 Å². The van der Waals surface area contributed by atoms with Crippen LogP contribution in [0.4, 0.5) is 0 Å². The van der Waals surface area contributed by atoms with Gasteiger partial charge in [0.25, 0.3) is 0 Å². The Labute approximate surface area is 186 Å². The van der Waals surface area contributed by atoms with Gasteiger partial charge in [0, 0.05) is 6.42 Å². The number of fused-ring (bicyclic) bond motifs is 1. The van der Waals surface area contributed by atoms with Crippen molar-refractivity contribution >= 4 is 28.7 Å². The van der Waals surface area contributed by atoms with Crippen molar-refractivity contribution in [3.8, 4) is 11.1 Å². The first-order valence-electron chi connectivity index (χ1n) is 9.29. The van der Waals surface area contributed by atoms with Gasteiger partial charge in [0.05, 0.1) is 0 Å². The number of benzene rings is 2. The standard InChI is InChI=1S/C24H24O.2ClH.Zr/c1-14-8-15(2)10-21(9-14)24-18(5)16(3)11-19-12-20(13-22(19)24)23-7-6-17(4)25-23;;;/h6-11,13H,12H2,1-5H3;2*1H;/q;;;+2/p-2. The molecule has 0 aliphatic heterocycles. The van der Waals surface area contributed by atoms with E-state index in [1.807, 2.05) is 13.0 Å². The molecule has 0 N–H and O–H groups in total. The summed E-state index contributed by atoms with van der Waals surface area (Å²) in [7, 11) is 9.87. The zero-order chi connectivity index (χ0) is 20.4. The van der Waals surface area contributed by atoms with Crippen LogP contribution in [0.5, 0.6) is 0 Å². The van der Waals surface area contributed by atoms with Gasteiger partial charge < -0.3 is 4.42 Å². The molecule has 0 radical (unpaired) electrons. The van der Waals surface area contributed by atoms with Gasteiger partial charge in [0.2, 0.25) is 0 Å². The molecule has 2 aromatic carbocycles. The Morgan fingerprint density at radius 2 is 1.54 bits per heavy atom. The first-order chi connectivity index (χ1) is 13.3. The van der Waals surface area contributed by atoms with Crippen LogP contribution in [0.3, 0.4) is 0 Å². The minimum atomic E-state index is -0.826. The average Bonchev–Trinajstić information content (AvgIpc) is 3.21. The van der Waals surface area contributed by atoms with E-state index in [1.165, 1.54) is 50.1 Å². The summed E-state index contributed by atoms with van der Waals surface area (Å²) in [5, 5.41) is 0. The molecule has 144 valence electrons. The molecule has 0 amide bonds. The molecule has 0 spiro atoms. The molecule has 1 aliphatic carbocycles. The van der Waals surface area contributed by atoms with Gasteiger partial charge in [0.1, 0.15) is 11.5 Å². The van der Waals surface area contributed by atoms with E-state index in [0.717, 1.165) is 17.9 Å². The molecule has 0 saturated carbocycles. The summed E-state index contributed by atoms with van der Waals surface area (Å²) in [5.41, 5.74) is 12.1. The van der Waals surface area contributed by atoms with E-state index in [-0.39, 0.29) is 0 Å². The maximum atomic E-state index is 5.87. The predicted octanol–water partition coefficient (Wildman–Crippen LogP) is 7.96. The Morgan fingerprint density at radius 3 is 2.11 bits per heavy atom. The summed E-state index contributed by atoms with van der Waals surface area (Å²) in [6, 6.07) is 13.3. The second-order valence-corrected chi connectivity index (χ2v) is 11.2. The van der Waals surface area contributed by atoms with E-state index >= 15 is 0 Å². The molecular weight excluding hydrogens is 466 g/mol. The summed E-state index contributed by atoms with van der Waals surface area (Å²) in [4.78, 5) is 0. The quantitative estimate of drug-likeness (QED) is 0.355. The van der Waals surface area contributed by atoms with Crippen LogP contribution in [0.15, 0.2) is 40.8 Å². The van der Waals surface area contributed by atoms with Crippen molar-refractivity contribution < 1.29 is 25.3 Å². The zero-order valence-corrected chi connectivity index (χ0v) is 20.9. The summed E-state index contributed by atoms with van der Waals surface area (Å²) in [6.07, 6.45) is 3.27. The minimum absolute atomic E-state index is 0.826. The fourth-order valence-corrected chi connectivity index (χ4v) is 4.01. The molecular formula is C24H24Cl2OZr. The summed E-state index contributed by atoms with van der Waals surface area (Å²) < 4.78 is 5.87. The van der Waals surface area contributed by atoms with Crippen molar-refractivity contribution in [3.63, 3.8) is 0 Å². The van der Waals surface area contributed by atoms with Gasteiger partial charge in [-0.1, -0.05) is 35.4 Å². The molecule has 0 bridgehead atoms. The molecule has 0 atom stereocenters. The van der Waals surface area contributed by atoms with E-state index in [4.69, 9.17) is 21.4 Å². The van der Waals surface area contributed by atoms with Gasteiger partial charge in [-0.2, -0.15) is 0 Å². The molecule has 28 heavy (non-hydrogen) atoms. The fourth-order valence-electron chi connectivity index (χ4n) is 4.01. The Bertz CT molecular complexity index is 1030. The molecule has 4 heteroatoms. The Morgan fingerprint density at radius 1 is 0.893 bits per heavy atom. The molecule has 4 rings (SSSR count). The van der Waals surface area contributed by atoms with Crippen LogP contribution in [-0.2, 0) is 27.3 Å². The molecule has 1 aromatic heterocycles. The van der Waals surface area contributed by atoms with Gasteiger partial charge in [0.15, 0.2) is 0 Å². The van der Waals surface area contributed by atoms with Gasteiger partial charge >= 0.3 is 37.9 Å². The monoisotopic (exact) mass is 488 g/mol. The van der Waals surface area contributed by atoms with E-state index < -0.39 is 20.8 Å². The second-order valence-electron chi connectivity index (χ2n) is 7.47. The fraction of sp³-hybridized carbons (Fsp3) is 0.250. The van der Waals surface area contributed by atoms with Gasteiger partial charge in [-0.05, 0) is 91.8 Å². The second kappa shape index (κ2) is 9.16. The van der Waals surface area contributed by atoms with Crippen LogP contribution in [0.2, 0.25) is 0 Å². The summed E-state index contributed by atoms with van der Waals surface area (Å²) >= 11 is -0.826. The molecule has 0 unspecified atom stereocenters. The number of aryl methyl sites for hydroxylation is 4. The molecule has 1 heterocycles. The first kappa shape index (κ1) is 21.6. The normalized spacial score (nSPS) is 12.2. The van der Waals surface area contributed by atoms with Gasteiger partial charge in [-0.3, -0.25) is 0 Å². The first-order valence-corrected chi connectivity index (χ1v) is 15.6.